The summed E-state index contributed by atoms with van der Waals surface area (Å²) in [6.07, 6.45) is 5.03. The van der Waals surface area contributed by atoms with E-state index in [0.717, 1.165) is 25.7 Å². The molecular weight excluding hydrogens is 326 g/mol. The van der Waals surface area contributed by atoms with Crippen LogP contribution in [0.5, 0.6) is 0 Å². The Morgan fingerprint density at radius 1 is 1.12 bits per heavy atom. The van der Waals surface area contributed by atoms with Crippen LogP contribution in [-0.2, 0) is 9.22 Å². The average molecular weight is 360 g/mol. The van der Waals surface area contributed by atoms with E-state index >= 15 is 0 Å². The zero-order valence-corrected chi connectivity index (χ0v) is 17.4. The monoisotopic (exact) mass is 359 g/mol. The predicted octanol–water partition coefficient (Wildman–Crippen LogP) is 5.29. The Labute approximate surface area is 153 Å². The number of amides is 1. The van der Waals surface area contributed by atoms with Crippen LogP contribution in [0.25, 0.3) is 0 Å². The van der Waals surface area contributed by atoms with E-state index in [2.05, 4.69) is 63.0 Å². The molecule has 0 unspecified atom stereocenters. The largest absolute Gasteiger partial charge is 0.414 e. The number of benzene rings is 1. The van der Waals surface area contributed by atoms with Gasteiger partial charge in [-0.1, -0.05) is 51.1 Å². The van der Waals surface area contributed by atoms with Gasteiger partial charge in [-0.3, -0.25) is 4.79 Å². The minimum absolute atomic E-state index is 0.169. The summed E-state index contributed by atoms with van der Waals surface area (Å²) in [4.78, 5) is 14.8. The molecule has 1 amide bonds. The van der Waals surface area contributed by atoms with E-state index in [1.165, 1.54) is 5.56 Å². The molecular formula is C21H33NO2Si. The highest BCUT2D eigenvalue weighted by Crippen LogP contribution is 2.44. The molecule has 1 aromatic carbocycles. The summed E-state index contributed by atoms with van der Waals surface area (Å²) in [6, 6.07) is 11.0. The van der Waals surface area contributed by atoms with Gasteiger partial charge in [-0.2, -0.15) is 0 Å². The van der Waals surface area contributed by atoms with Crippen molar-refractivity contribution in [1.29, 1.82) is 0 Å². The van der Waals surface area contributed by atoms with Gasteiger partial charge < -0.3 is 9.33 Å². The normalized spacial score (nSPS) is 28.0. The minimum atomic E-state index is -1.80. The fourth-order valence-corrected chi connectivity index (χ4v) is 5.42. The summed E-state index contributed by atoms with van der Waals surface area (Å²) in [7, 11) is -1.80. The van der Waals surface area contributed by atoms with Crippen LogP contribution in [0.3, 0.4) is 0 Å². The van der Waals surface area contributed by atoms with Crippen LogP contribution in [0.2, 0.25) is 18.1 Å². The van der Waals surface area contributed by atoms with Crippen molar-refractivity contribution in [1.82, 2.24) is 4.90 Å². The quantitative estimate of drug-likeness (QED) is 0.686. The molecule has 2 aliphatic heterocycles. The molecule has 0 aliphatic carbocycles. The van der Waals surface area contributed by atoms with Gasteiger partial charge in [-0.25, -0.2) is 0 Å². The highest BCUT2D eigenvalue weighted by Gasteiger charge is 2.45. The zero-order chi connectivity index (χ0) is 18.2. The molecule has 0 spiro atoms. The van der Waals surface area contributed by atoms with Crippen molar-refractivity contribution < 1.29 is 9.22 Å². The maximum absolute atomic E-state index is 12.7. The molecule has 25 heavy (non-hydrogen) atoms. The van der Waals surface area contributed by atoms with Crippen molar-refractivity contribution in [3.05, 3.63) is 35.9 Å². The second-order valence-electron chi connectivity index (χ2n) is 9.25. The van der Waals surface area contributed by atoms with Gasteiger partial charge in [0.1, 0.15) is 0 Å². The van der Waals surface area contributed by atoms with Gasteiger partial charge in [0.05, 0.1) is 6.04 Å². The standard InChI is InChI=1S/C21H33NO2Si/c1-21(2,3)25(4,5)24-18-14-17-12-9-13-20(23)22(17)19(15-18)16-10-7-6-8-11-16/h6-8,10-11,17-19H,9,12-15H2,1-5H3/t17-,18+,19-/m0/s1. The third kappa shape index (κ3) is 3.85. The van der Waals surface area contributed by atoms with Gasteiger partial charge in [0.15, 0.2) is 8.32 Å². The van der Waals surface area contributed by atoms with E-state index in [9.17, 15) is 4.79 Å². The minimum Gasteiger partial charge on any atom is -0.414 e. The molecule has 2 aliphatic rings. The molecule has 0 N–H and O–H groups in total. The van der Waals surface area contributed by atoms with Crippen molar-refractivity contribution in [2.75, 3.05) is 0 Å². The molecule has 0 aromatic heterocycles. The van der Waals surface area contributed by atoms with Crippen LogP contribution in [0.15, 0.2) is 30.3 Å². The Balaban J connectivity index is 1.86. The molecule has 3 rings (SSSR count). The second kappa shape index (κ2) is 6.88. The lowest BCUT2D eigenvalue weighted by Gasteiger charge is -2.50. The summed E-state index contributed by atoms with van der Waals surface area (Å²) >= 11 is 0. The van der Waals surface area contributed by atoms with Crippen LogP contribution in [0, 0.1) is 0 Å². The maximum atomic E-state index is 12.7. The maximum Gasteiger partial charge on any atom is 0.223 e. The Morgan fingerprint density at radius 2 is 1.80 bits per heavy atom. The summed E-state index contributed by atoms with van der Waals surface area (Å²) in [5, 5.41) is 0.217. The number of piperidine rings is 2. The van der Waals surface area contributed by atoms with E-state index in [0.29, 0.717) is 18.4 Å². The first-order valence-electron chi connectivity index (χ1n) is 9.73. The van der Waals surface area contributed by atoms with Crippen molar-refractivity contribution >= 4 is 14.2 Å². The molecule has 4 heteroatoms. The third-order valence-electron chi connectivity index (χ3n) is 6.42. The summed E-state index contributed by atoms with van der Waals surface area (Å²) < 4.78 is 6.78. The van der Waals surface area contributed by atoms with Gasteiger partial charge in [-0.05, 0) is 49.4 Å². The molecule has 0 saturated carbocycles. The van der Waals surface area contributed by atoms with Crippen molar-refractivity contribution in [3.63, 3.8) is 0 Å². The van der Waals surface area contributed by atoms with E-state index in [-0.39, 0.29) is 17.2 Å². The number of carbonyl (C=O) groups is 1. The summed E-state index contributed by atoms with van der Waals surface area (Å²) in [5.74, 6) is 0.330. The molecule has 1 aromatic rings. The first-order valence-corrected chi connectivity index (χ1v) is 12.6. The molecule has 2 fully saturated rings. The predicted molar refractivity (Wildman–Crippen MR) is 105 cm³/mol. The van der Waals surface area contributed by atoms with Crippen LogP contribution >= 0.6 is 0 Å². The fraction of sp³-hybridized carbons (Fsp3) is 0.667. The first kappa shape index (κ1) is 18.7. The molecule has 3 atom stereocenters. The van der Waals surface area contributed by atoms with Crippen molar-refractivity contribution in [3.8, 4) is 0 Å². The Bertz CT molecular complexity index is 608. The van der Waals surface area contributed by atoms with Crippen LogP contribution in [0.1, 0.15) is 64.5 Å². The van der Waals surface area contributed by atoms with E-state index < -0.39 is 8.32 Å². The molecule has 3 nitrogen and oxygen atoms in total. The van der Waals surface area contributed by atoms with Gasteiger partial charge in [0.2, 0.25) is 5.91 Å². The van der Waals surface area contributed by atoms with Gasteiger partial charge in [0, 0.05) is 18.6 Å². The van der Waals surface area contributed by atoms with Crippen LogP contribution in [0.4, 0.5) is 0 Å². The van der Waals surface area contributed by atoms with Gasteiger partial charge in [0.25, 0.3) is 0 Å². The van der Waals surface area contributed by atoms with Crippen LogP contribution in [-0.4, -0.2) is 31.3 Å². The molecule has 2 heterocycles. The number of carbonyl (C=O) groups excluding carboxylic acids is 1. The second-order valence-corrected chi connectivity index (χ2v) is 14.0. The van der Waals surface area contributed by atoms with Gasteiger partial charge >= 0.3 is 0 Å². The highest BCUT2D eigenvalue weighted by atomic mass is 28.4. The molecule has 138 valence electrons. The number of fused-ring (bicyclic) bond motifs is 1. The van der Waals surface area contributed by atoms with E-state index in [4.69, 9.17) is 4.43 Å². The SMILES string of the molecule is CC(C)(C)[Si](C)(C)O[C@@H]1C[C@@H]2CCCC(=O)N2[C@H](c2ccccc2)C1. The molecule has 0 bridgehead atoms. The fourth-order valence-electron chi connectivity index (χ4n) is 4.04. The first-order chi connectivity index (χ1) is 11.7. The number of hydrogen-bond acceptors (Lipinski definition) is 2. The Kier molecular flexibility index (Phi) is 5.13. The third-order valence-corrected chi connectivity index (χ3v) is 11.0. The average Bonchev–Trinajstić information content (AvgIpc) is 2.53. The topological polar surface area (TPSA) is 29.5 Å². The summed E-state index contributed by atoms with van der Waals surface area (Å²) in [6.45, 7) is 11.6. The van der Waals surface area contributed by atoms with Crippen molar-refractivity contribution in [2.45, 2.75) is 89.2 Å². The highest BCUT2D eigenvalue weighted by molar-refractivity contribution is 6.74. The lowest BCUT2D eigenvalue weighted by Crippen LogP contribution is -2.54. The zero-order valence-electron chi connectivity index (χ0n) is 16.4. The van der Waals surface area contributed by atoms with E-state index in [1.54, 1.807) is 0 Å². The Morgan fingerprint density at radius 3 is 2.44 bits per heavy atom. The van der Waals surface area contributed by atoms with Crippen LogP contribution < -0.4 is 0 Å². The Hall–Kier alpha value is -1.13. The van der Waals surface area contributed by atoms with Gasteiger partial charge in [-0.15, -0.1) is 0 Å². The molecule has 2 saturated heterocycles. The number of nitrogens with zero attached hydrogens (tertiary/aromatic N) is 1. The van der Waals surface area contributed by atoms with E-state index in [1.807, 2.05) is 6.07 Å². The number of rotatable bonds is 3. The lowest BCUT2D eigenvalue weighted by molar-refractivity contribution is -0.144. The smallest absolute Gasteiger partial charge is 0.223 e. The van der Waals surface area contributed by atoms with Crippen molar-refractivity contribution in [2.24, 2.45) is 0 Å². The number of hydrogen-bond donors (Lipinski definition) is 0. The molecule has 0 radical (unpaired) electrons. The summed E-state index contributed by atoms with van der Waals surface area (Å²) in [5.41, 5.74) is 1.26. The lowest BCUT2D eigenvalue weighted by atomic mass is 9.84.